The lowest BCUT2D eigenvalue weighted by Gasteiger charge is -2.08. The van der Waals surface area contributed by atoms with E-state index in [0.29, 0.717) is 28.1 Å². The summed E-state index contributed by atoms with van der Waals surface area (Å²) in [6.07, 6.45) is 0.0668. The minimum Gasteiger partial charge on any atom is -0.466 e. The monoisotopic (exact) mass is 315 g/mol. The molecule has 17 heavy (non-hydrogen) atoms. The molecule has 1 aromatic rings. The first-order valence-corrected chi connectivity index (χ1v) is 6.55. The summed E-state index contributed by atoms with van der Waals surface area (Å²) in [5, 5.41) is 10.1. The Hall–Kier alpha value is -1.05. The molecule has 0 fully saturated rings. The quantitative estimate of drug-likeness (QED) is 0.633. The second-order valence-corrected chi connectivity index (χ2v) is 4.32. The summed E-state index contributed by atoms with van der Waals surface area (Å²) in [6.45, 7) is 2.07. The molecule has 0 saturated heterocycles. The van der Waals surface area contributed by atoms with E-state index in [1.165, 1.54) is 0 Å². The average molecular weight is 317 g/mol. The zero-order chi connectivity index (χ0) is 12.8. The van der Waals surface area contributed by atoms with Gasteiger partial charge in [0.1, 0.15) is 0 Å². The maximum Gasteiger partial charge on any atom is 0.310 e. The maximum absolute atomic E-state index is 11.4. The number of carbonyl (C=O) groups is 1. The van der Waals surface area contributed by atoms with Crippen LogP contribution in [0.5, 0.6) is 0 Å². The molecule has 90 valence electrons. The van der Waals surface area contributed by atoms with Crippen LogP contribution in [0.4, 0.5) is 0 Å². The van der Waals surface area contributed by atoms with Crippen molar-refractivity contribution < 1.29 is 9.53 Å². The molecule has 0 amide bonds. The van der Waals surface area contributed by atoms with E-state index in [0.717, 1.165) is 5.56 Å². The lowest BCUT2D eigenvalue weighted by atomic mass is 10.0. The molecule has 0 aliphatic heterocycles. The number of carbonyl (C=O) groups excluding carboxylic acids is 1. The van der Waals surface area contributed by atoms with Crippen LogP contribution in [0.1, 0.15) is 23.6 Å². The van der Waals surface area contributed by atoms with Gasteiger partial charge in [0, 0.05) is 10.4 Å². The van der Waals surface area contributed by atoms with Crippen LogP contribution in [-0.2, 0) is 21.3 Å². The topological polar surface area (TPSA) is 50.1 Å². The second-order valence-electron chi connectivity index (χ2n) is 3.33. The lowest BCUT2D eigenvalue weighted by Crippen LogP contribution is -2.09. The van der Waals surface area contributed by atoms with Crippen LogP contribution in [-0.4, -0.2) is 12.6 Å². The normalized spacial score (nSPS) is 9.76. The van der Waals surface area contributed by atoms with Crippen LogP contribution >= 0.6 is 27.5 Å². The predicted octanol–water partition coefficient (Wildman–Crippen LogP) is 3.21. The van der Waals surface area contributed by atoms with Gasteiger partial charge in [-0.05, 0) is 30.2 Å². The Morgan fingerprint density at radius 1 is 1.53 bits per heavy atom. The van der Waals surface area contributed by atoms with E-state index in [-0.39, 0.29) is 12.4 Å². The predicted molar refractivity (Wildman–Crippen MR) is 69.1 cm³/mol. The largest absolute Gasteiger partial charge is 0.466 e. The van der Waals surface area contributed by atoms with E-state index in [1.807, 2.05) is 0 Å². The molecule has 0 radical (unpaired) electrons. The highest BCUT2D eigenvalue weighted by molar-refractivity contribution is 9.08. The number of nitriles is 1. The number of benzene rings is 1. The van der Waals surface area contributed by atoms with Crippen molar-refractivity contribution in [3.8, 4) is 6.07 Å². The molecule has 0 heterocycles. The van der Waals surface area contributed by atoms with E-state index >= 15 is 0 Å². The van der Waals surface area contributed by atoms with Crippen molar-refractivity contribution in [3.05, 3.63) is 33.8 Å². The number of alkyl halides is 1. The molecule has 3 nitrogen and oxygen atoms in total. The number of rotatable bonds is 4. The summed E-state index contributed by atoms with van der Waals surface area (Å²) in [5.74, 6) is -0.355. The van der Waals surface area contributed by atoms with Crippen molar-refractivity contribution >= 4 is 33.5 Å². The highest BCUT2D eigenvalue weighted by atomic mass is 79.9. The van der Waals surface area contributed by atoms with Gasteiger partial charge in [0.15, 0.2) is 0 Å². The van der Waals surface area contributed by atoms with E-state index in [9.17, 15) is 4.79 Å². The highest BCUT2D eigenvalue weighted by Crippen LogP contribution is 2.23. The van der Waals surface area contributed by atoms with Crippen molar-refractivity contribution in [1.29, 1.82) is 5.26 Å². The average Bonchev–Trinajstić information content (AvgIpc) is 2.28. The summed E-state index contributed by atoms with van der Waals surface area (Å²) >= 11 is 9.22. The minimum absolute atomic E-state index is 0.0668. The minimum atomic E-state index is -0.355. The number of nitrogens with zero attached hydrogens (tertiary/aromatic N) is 1. The van der Waals surface area contributed by atoms with Crippen molar-refractivity contribution in [3.63, 3.8) is 0 Å². The Morgan fingerprint density at radius 3 is 2.71 bits per heavy atom. The van der Waals surface area contributed by atoms with Crippen molar-refractivity contribution in [2.45, 2.75) is 18.7 Å². The second kappa shape index (κ2) is 6.63. The summed E-state index contributed by atoms with van der Waals surface area (Å²) < 4.78 is 4.86. The number of hydrogen-bond acceptors (Lipinski definition) is 3. The Kier molecular flexibility index (Phi) is 5.46. The van der Waals surface area contributed by atoms with E-state index in [2.05, 4.69) is 22.0 Å². The molecule has 0 spiro atoms. The number of ether oxygens (including phenoxy) is 1. The van der Waals surface area contributed by atoms with E-state index < -0.39 is 0 Å². The van der Waals surface area contributed by atoms with Gasteiger partial charge in [-0.3, -0.25) is 4.79 Å². The zero-order valence-electron chi connectivity index (χ0n) is 9.30. The Bertz CT molecular complexity index is 468. The van der Waals surface area contributed by atoms with Crippen LogP contribution < -0.4 is 0 Å². The molecule has 0 aliphatic carbocycles. The molecular formula is C12H11BrClNO2. The fraction of sp³-hybridized carbons (Fsp3) is 0.333. The third-order valence-electron chi connectivity index (χ3n) is 2.16. The zero-order valence-corrected chi connectivity index (χ0v) is 11.6. The first-order chi connectivity index (χ1) is 8.12. The Balaban J connectivity index is 3.10. The fourth-order valence-corrected chi connectivity index (χ4v) is 2.19. The van der Waals surface area contributed by atoms with Crippen LogP contribution in [0, 0.1) is 11.3 Å². The Morgan fingerprint density at radius 2 is 2.18 bits per heavy atom. The fourth-order valence-electron chi connectivity index (χ4n) is 1.48. The van der Waals surface area contributed by atoms with Gasteiger partial charge in [-0.25, -0.2) is 0 Å². The molecular weight excluding hydrogens is 305 g/mol. The standard InChI is InChI=1S/C12H11BrClNO2/c1-2-17-12(16)5-8-3-10(14)4-9(6-13)11(8)7-15/h3-4H,2,5-6H2,1H3. The molecule has 1 rings (SSSR count). The SMILES string of the molecule is CCOC(=O)Cc1cc(Cl)cc(CBr)c1C#N. The van der Waals surface area contributed by atoms with Gasteiger partial charge >= 0.3 is 5.97 Å². The smallest absolute Gasteiger partial charge is 0.310 e. The lowest BCUT2D eigenvalue weighted by molar-refractivity contribution is -0.142. The van der Waals surface area contributed by atoms with Crippen LogP contribution in [0.15, 0.2) is 12.1 Å². The summed E-state index contributed by atoms with van der Waals surface area (Å²) in [6, 6.07) is 5.43. The molecule has 0 unspecified atom stereocenters. The van der Waals surface area contributed by atoms with Gasteiger partial charge in [0.2, 0.25) is 0 Å². The van der Waals surface area contributed by atoms with Crippen molar-refractivity contribution in [1.82, 2.24) is 0 Å². The highest BCUT2D eigenvalue weighted by Gasteiger charge is 2.13. The van der Waals surface area contributed by atoms with Gasteiger partial charge in [-0.15, -0.1) is 0 Å². The first-order valence-electron chi connectivity index (χ1n) is 5.05. The summed E-state index contributed by atoms with van der Waals surface area (Å²) in [5.41, 5.74) is 1.87. The number of hydrogen-bond donors (Lipinski definition) is 0. The Labute approximate surface area is 113 Å². The third kappa shape index (κ3) is 3.72. The van der Waals surface area contributed by atoms with E-state index in [1.54, 1.807) is 19.1 Å². The maximum atomic E-state index is 11.4. The van der Waals surface area contributed by atoms with Crippen molar-refractivity contribution in [2.75, 3.05) is 6.61 Å². The van der Waals surface area contributed by atoms with Crippen molar-refractivity contribution in [2.24, 2.45) is 0 Å². The molecule has 0 N–H and O–H groups in total. The summed E-state index contributed by atoms with van der Waals surface area (Å²) in [4.78, 5) is 11.4. The van der Waals surface area contributed by atoms with Gasteiger partial charge in [0.05, 0.1) is 24.7 Å². The van der Waals surface area contributed by atoms with Gasteiger partial charge in [0.25, 0.3) is 0 Å². The first kappa shape index (κ1) is 14.0. The van der Waals surface area contributed by atoms with Gasteiger partial charge in [-0.1, -0.05) is 27.5 Å². The molecule has 0 atom stereocenters. The van der Waals surface area contributed by atoms with Crippen LogP contribution in [0.3, 0.4) is 0 Å². The van der Waals surface area contributed by atoms with Crippen LogP contribution in [0.25, 0.3) is 0 Å². The summed E-state index contributed by atoms with van der Waals surface area (Å²) in [7, 11) is 0. The molecule has 0 aliphatic rings. The van der Waals surface area contributed by atoms with Gasteiger partial charge in [-0.2, -0.15) is 5.26 Å². The van der Waals surface area contributed by atoms with Gasteiger partial charge < -0.3 is 4.74 Å². The van der Waals surface area contributed by atoms with E-state index in [4.69, 9.17) is 21.6 Å². The molecule has 0 bridgehead atoms. The molecule has 1 aromatic carbocycles. The molecule has 5 heteroatoms. The number of esters is 1. The third-order valence-corrected chi connectivity index (χ3v) is 2.98. The number of halogens is 2. The van der Waals surface area contributed by atoms with Crippen LogP contribution in [0.2, 0.25) is 5.02 Å². The molecule has 0 aromatic heterocycles. The molecule has 0 saturated carbocycles.